The van der Waals surface area contributed by atoms with E-state index < -0.39 is 0 Å². The summed E-state index contributed by atoms with van der Waals surface area (Å²) in [7, 11) is 1.93. The van der Waals surface area contributed by atoms with Crippen molar-refractivity contribution < 1.29 is 9.63 Å². The Morgan fingerprint density at radius 2 is 2.28 bits per heavy atom. The minimum Gasteiger partial charge on any atom is -0.507 e. The second kappa shape index (κ2) is 6.02. The molecule has 2 aromatic rings. The Labute approximate surface area is 106 Å². The van der Waals surface area contributed by atoms with Crippen LogP contribution in [0.3, 0.4) is 0 Å². The highest BCUT2D eigenvalue weighted by Crippen LogP contribution is 2.30. The number of hydrogen-bond acceptors (Lipinski definition) is 4. The molecule has 1 heterocycles. The Balaban J connectivity index is 2.19. The van der Waals surface area contributed by atoms with Crippen molar-refractivity contribution in [2.75, 3.05) is 13.6 Å². The SMILES string of the molecule is CNCCC=Cc1ccc(O)c(-c2ccno2)c1. The van der Waals surface area contributed by atoms with Gasteiger partial charge in [0.2, 0.25) is 0 Å². The van der Waals surface area contributed by atoms with Gasteiger partial charge >= 0.3 is 0 Å². The molecule has 94 valence electrons. The van der Waals surface area contributed by atoms with Crippen LogP contribution in [0, 0.1) is 0 Å². The van der Waals surface area contributed by atoms with E-state index >= 15 is 0 Å². The molecule has 0 aliphatic carbocycles. The Bertz CT molecular complexity index is 519. The molecule has 0 saturated heterocycles. The number of phenolic OH excluding ortho intramolecular Hbond substituents is 1. The van der Waals surface area contributed by atoms with E-state index in [1.165, 1.54) is 0 Å². The van der Waals surface area contributed by atoms with Crippen molar-refractivity contribution in [3.05, 3.63) is 42.1 Å². The van der Waals surface area contributed by atoms with Gasteiger partial charge in [0.25, 0.3) is 0 Å². The molecule has 2 N–H and O–H groups in total. The third-order valence-electron chi connectivity index (χ3n) is 2.60. The van der Waals surface area contributed by atoms with Crippen LogP contribution in [-0.2, 0) is 0 Å². The van der Waals surface area contributed by atoms with Crippen molar-refractivity contribution in [3.63, 3.8) is 0 Å². The minimum absolute atomic E-state index is 0.194. The number of nitrogens with zero attached hydrogens (tertiary/aromatic N) is 1. The van der Waals surface area contributed by atoms with Crippen LogP contribution in [0.15, 0.2) is 41.1 Å². The molecule has 2 rings (SSSR count). The van der Waals surface area contributed by atoms with Crippen molar-refractivity contribution in [2.24, 2.45) is 0 Å². The number of rotatable bonds is 5. The molecule has 0 bridgehead atoms. The lowest BCUT2D eigenvalue weighted by Crippen LogP contribution is -2.05. The summed E-state index contributed by atoms with van der Waals surface area (Å²) in [6.07, 6.45) is 6.64. The summed E-state index contributed by atoms with van der Waals surface area (Å²) in [5.41, 5.74) is 1.68. The van der Waals surface area contributed by atoms with Crippen LogP contribution in [0.2, 0.25) is 0 Å². The molecule has 0 aliphatic rings. The maximum Gasteiger partial charge on any atom is 0.170 e. The van der Waals surface area contributed by atoms with Gasteiger partial charge in [-0.2, -0.15) is 0 Å². The average Bonchev–Trinajstić information content (AvgIpc) is 2.90. The first-order valence-electron chi connectivity index (χ1n) is 5.86. The zero-order chi connectivity index (χ0) is 12.8. The van der Waals surface area contributed by atoms with Gasteiger partial charge in [0.05, 0.1) is 11.8 Å². The highest BCUT2D eigenvalue weighted by molar-refractivity contribution is 5.69. The lowest BCUT2D eigenvalue weighted by atomic mass is 10.1. The smallest absolute Gasteiger partial charge is 0.170 e. The van der Waals surface area contributed by atoms with E-state index in [0.29, 0.717) is 11.3 Å². The van der Waals surface area contributed by atoms with Gasteiger partial charge in [-0.3, -0.25) is 0 Å². The highest BCUT2D eigenvalue weighted by atomic mass is 16.5. The lowest BCUT2D eigenvalue weighted by Gasteiger charge is -2.02. The summed E-state index contributed by atoms with van der Waals surface area (Å²) in [5, 5.41) is 16.5. The quantitative estimate of drug-likeness (QED) is 0.794. The lowest BCUT2D eigenvalue weighted by molar-refractivity contribution is 0.426. The fraction of sp³-hybridized carbons (Fsp3) is 0.214. The van der Waals surface area contributed by atoms with Crippen LogP contribution < -0.4 is 5.32 Å². The molecule has 0 atom stereocenters. The number of aromatic hydroxyl groups is 1. The van der Waals surface area contributed by atoms with Crippen molar-refractivity contribution in [2.45, 2.75) is 6.42 Å². The standard InChI is InChI=1S/C14H16N2O2/c1-15-8-3-2-4-11-5-6-13(17)12(10-11)14-7-9-16-18-14/h2,4-7,9-10,15,17H,3,8H2,1H3. The Morgan fingerprint density at radius 3 is 3.00 bits per heavy atom. The van der Waals surface area contributed by atoms with E-state index in [1.54, 1.807) is 18.3 Å². The topological polar surface area (TPSA) is 58.3 Å². The Morgan fingerprint density at radius 1 is 1.39 bits per heavy atom. The number of nitrogens with one attached hydrogen (secondary N) is 1. The van der Waals surface area contributed by atoms with Crippen LogP contribution in [0.1, 0.15) is 12.0 Å². The van der Waals surface area contributed by atoms with Crippen molar-refractivity contribution in [1.82, 2.24) is 10.5 Å². The summed E-state index contributed by atoms with van der Waals surface area (Å²) in [6, 6.07) is 7.13. The number of aromatic nitrogens is 1. The number of phenols is 1. The van der Waals surface area contributed by atoms with Gasteiger partial charge in [0.1, 0.15) is 5.75 Å². The summed E-state index contributed by atoms with van der Waals surface area (Å²) in [5.74, 6) is 0.761. The molecule has 0 spiro atoms. The highest BCUT2D eigenvalue weighted by Gasteiger charge is 2.07. The van der Waals surface area contributed by atoms with Crippen molar-refractivity contribution in [3.8, 4) is 17.1 Å². The van der Waals surface area contributed by atoms with Crippen LogP contribution in [0.5, 0.6) is 5.75 Å². The monoisotopic (exact) mass is 244 g/mol. The van der Waals surface area contributed by atoms with Crippen molar-refractivity contribution in [1.29, 1.82) is 0 Å². The molecule has 4 nitrogen and oxygen atoms in total. The summed E-state index contributed by atoms with van der Waals surface area (Å²) < 4.78 is 5.05. The first kappa shape index (κ1) is 12.4. The second-order valence-corrected chi connectivity index (χ2v) is 3.95. The molecule has 0 radical (unpaired) electrons. The van der Waals surface area contributed by atoms with E-state index in [-0.39, 0.29) is 5.75 Å². The maximum atomic E-state index is 9.79. The van der Waals surface area contributed by atoms with Gasteiger partial charge in [0.15, 0.2) is 5.76 Å². The van der Waals surface area contributed by atoms with Crippen LogP contribution in [0.4, 0.5) is 0 Å². The summed E-state index contributed by atoms with van der Waals surface area (Å²) in [6.45, 7) is 0.948. The Hall–Kier alpha value is -2.07. The summed E-state index contributed by atoms with van der Waals surface area (Å²) in [4.78, 5) is 0. The molecule has 1 aromatic carbocycles. The predicted molar refractivity (Wildman–Crippen MR) is 71.2 cm³/mol. The first-order valence-corrected chi connectivity index (χ1v) is 5.86. The molecule has 0 saturated carbocycles. The van der Waals surface area contributed by atoms with Crippen LogP contribution >= 0.6 is 0 Å². The van der Waals surface area contributed by atoms with Crippen molar-refractivity contribution >= 4 is 6.08 Å². The number of hydrogen-bond donors (Lipinski definition) is 2. The molecule has 0 unspecified atom stereocenters. The van der Waals surface area contributed by atoms with Gasteiger partial charge in [-0.15, -0.1) is 0 Å². The molecular weight excluding hydrogens is 228 g/mol. The van der Waals surface area contributed by atoms with Gasteiger partial charge < -0.3 is 14.9 Å². The molecule has 0 aliphatic heterocycles. The van der Waals surface area contributed by atoms with Gasteiger partial charge in [-0.1, -0.05) is 23.4 Å². The van der Waals surface area contributed by atoms with E-state index in [0.717, 1.165) is 18.5 Å². The van der Waals surface area contributed by atoms with Crippen LogP contribution in [0.25, 0.3) is 17.4 Å². The molecule has 0 fully saturated rings. The molecule has 1 aromatic heterocycles. The third kappa shape index (κ3) is 2.99. The number of benzene rings is 1. The zero-order valence-electron chi connectivity index (χ0n) is 10.3. The minimum atomic E-state index is 0.194. The largest absolute Gasteiger partial charge is 0.507 e. The molecule has 4 heteroatoms. The van der Waals surface area contributed by atoms with E-state index in [4.69, 9.17) is 4.52 Å². The average molecular weight is 244 g/mol. The van der Waals surface area contributed by atoms with Gasteiger partial charge in [-0.05, 0) is 37.7 Å². The third-order valence-corrected chi connectivity index (χ3v) is 2.60. The first-order chi connectivity index (χ1) is 8.81. The van der Waals surface area contributed by atoms with Gasteiger partial charge in [0, 0.05) is 6.07 Å². The molecular formula is C14H16N2O2. The fourth-order valence-electron chi connectivity index (χ4n) is 1.66. The Kier molecular flexibility index (Phi) is 4.15. The van der Waals surface area contributed by atoms with E-state index in [9.17, 15) is 5.11 Å². The second-order valence-electron chi connectivity index (χ2n) is 3.95. The zero-order valence-corrected chi connectivity index (χ0v) is 10.3. The maximum absolute atomic E-state index is 9.79. The van der Waals surface area contributed by atoms with Crippen LogP contribution in [-0.4, -0.2) is 23.9 Å². The molecule has 0 amide bonds. The predicted octanol–water partition coefficient (Wildman–Crippen LogP) is 2.67. The van der Waals surface area contributed by atoms with E-state index in [2.05, 4.69) is 16.5 Å². The van der Waals surface area contributed by atoms with Gasteiger partial charge in [-0.25, -0.2) is 0 Å². The summed E-state index contributed by atoms with van der Waals surface area (Å²) >= 11 is 0. The fourth-order valence-corrected chi connectivity index (χ4v) is 1.66. The normalized spacial score (nSPS) is 11.2. The van der Waals surface area contributed by atoms with E-state index in [1.807, 2.05) is 25.3 Å². The molecule has 18 heavy (non-hydrogen) atoms.